The van der Waals surface area contributed by atoms with Crippen LogP contribution in [0.2, 0.25) is 5.02 Å². The maximum absolute atomic E-state index is 12.8. The highest BCUT2D eigenvalue weighted by Crippen LogP contribution is 2.60. The van der Waals surface area contributed by atoms with Crippen molar-refractivity contribution in [3.8, 4) is 5.75 Å². The van der Waals surface area contributed by atoms with Crippen LogP contribution in [0.1, 0.15) is 38.5 Å². The summed E-state index contributed by atoms with van der Waals surface area (Å²) in [5.41, 5.74) is 0.474. The molecule has 4 aliphatic rings. The van der Waals surface area contributed by atoms with Gasteiger partial charge in [0.15, 0.2) is 0 Å². The molecule has 4 heteroatoms. The maximum Gasteiger partial charge on any atom is 0.230 e. The molecule has 0 aliphatic heterocycles. The van der Waals surface area contributed by atoms with Crippen molar-refractivity contribution in [2.45, 2.75) is 38.5 Å². The van der Waals surface area contributed by atoms with E-state index < -0.39 is 0 Å². The molecule has 0 saturated heterocycles. The van der Waals surface area contributed by atoms with Crippen molar-refractivity contribution in [2.24, 2.45) is 23.2 Å². The molecule has 4 fully saturated rings. The Morgan fingerprint density at radius 1 is 1.14 bits per heavy atom. The largest absolute Gasteiger partial charge is 0.506 e. The Morgan fingerprint density at radius 2 is 1.71 bits per heavy atom. The Hall–Kier alpha value is -1.22. The molecular weight excluding hydrogens is 286 g/mol. The minimum absolute atomic E-state index is 0.0139. The van der Waals surface area contributed by atoms with Crippen molar-refractivity contribution in [1.29, 1.82) is 0 Å². The molecule has 0 radical (unpaired) electrons. The summed E-state index contributed by atoms with van der Waals surface area (Å²) < 4.78 is 0. The zero-order chi connectivity index (χ0) is 14.6. The molecule has 0 aromatic heterocycles. The van der Waals surface area contributed by atoms with E-state index in [-0.39, 0.29) is 17.1 Å². The van der Waals surface area contributed by atoms with Crippen LogP contribution in [-0.2, 0) is 4.79 Å². The molecule has 4 aliphatic carbocycles. The molecule has 112 valence electrons. The standard InChI is InChI=1S/C17H20ClNO2/c18-14-2-1-13(6-15(14)20)19-16(21)17-7-10-3-11(8-17)5-12(4-10)9-17/h1-2,6,10-12,20H,3-5,7-9H2,(H,19,21). The zero-order valence-electron chi connectivity index (χ0n) is 11.9. The van der Waals surface area contributed by atoms with E-state index in [9.17, 15) is 9.90 Å². The van der Waals surface area contributed by atoms with Crippen LogP contribution in [0.4, 0.5) is 5.69 Å². The maximum atomic E-state index is 12.8. The molecule has 0 atom stereocenters. The number of anilines is 1. The smallest absolute Gasteiger partial charge is 0.230 e. The predicted molar refractivity (Wildman–Crippen MR) is 82.4 cm³/mol. The van der Waals surface area contributed by atoms with Crippen LogP contribution < -0.4 is 5.32 Å². The summed E-state index contributed by atoms with van der Waals surface area (Å²) in [4.78, 5) is 12.8. The van der Waals surface area contributed by atoms with Crippen LogP contribution in [0.3, 0.4) is 0 Å². The van der Waals surface area contributed by atoms with Crippen molar-refractivity contribution in [3.05, 3.63) is 23.2 Å². The lowest BCUT2D eigenvalue weighted by Crippen LogP contribution is -2.51. The van der Waals surface area contributed by atoms with Crippen molar-refractivity contribution < 1.29 is 9.90 Å². The van der Waals surface area contributed by atoms with E-state index in [2.05, 4.69) is 5.32 Å². The number of hydrogen-bond acceptors (Lipinski definition) is 2. The molecule has 0 unspecified atom stereocenters. The molecule has 4 saturated carbocycles. The predicted octanol–water partition coefficient (Wildman–Crippen LogP) is 4.20. The Labute approximate surface area is 129 Å². The van der Waals surface area contributed by atoms with Crippen molar-refractivity contribution >= 4 is 23.2 Å². The van der Waals surface area contributed by atoms with E-state index in [1.54, 1.807) is 12.1 Å². The normalized spacial score (nSPS) is 36.7. The number of phenolic OH excluding ortho intramolecular Hbond substituents is 1. The average molecular weight is 306 g/mol. The van der Waals surface area contributed by atoms with Crippen molar-refractivity contribution in [2.75, 3.05) is 5.32 Å². The summed E-state index contributed by atoms with van der Waals surface area (Å²) >= 11 is 5.81. The lowest BCUT2D eigenvalue weighted by Gasteiger charge is -2.55. The van der Waals surface area contributed by atoms with Gasteiger partial charge in [-0.15, -0.1) is 0 Å². The number of amides is 1. The minimum atomic E-state index is -0.163. The third-order valence-corrected chi connectivity index (χ3v) is 6.04. The fraction of sp³-hybridized carbons (Fsp3) is 0.588. The third kappa shape index (κ3) is 2.22. The van der Waals surface area contributed by atoms with Gasteiger partial charge in [-0.25, -0.2) is 0 Å². The highest BCUT2D eigenvalue weighted by atomic mass is 35.5. The number of phenols is 1. The van der Waals surface area contributed by atoms with Gasteiger partial charge in [0, 0.05) is 11.8 Å². The van der Waals surface area contributed by atoms with Gasteiger partial charge in [0.2, 0.25) is 5.91 Å². The van der Waals surface area contributed by atoms with E-state index >= 15 is 0 Å². The summed E-state index contributed by atoms with van der Waals surface area (Å²) in [7, 11) is 0. The van der Waals surface area contributed by atoms with E-state index in [1.165, 1.54) is 25.3 Å². The van der Waals surface area contributed by atoms with Gasteiger partial charge in [-0.05, 0) is 68.4 Å². The topological polar surface area (TPSA) is 49.3 Å². The molecular formula is C17H20ClNO2. The molecule has 2 N–H and O–H groups in total. The molecule has 4 bridgehead atoms. The molecule has 21 heavy (non-hydrogen) atoms. The second-order valence-electron chi connectivity index (χ2n) is 7.32. The number of benzene rings is 1. The van der Waals surface area contributed by atoms with Gasteiger partial charge in [-0.3, -0.25) is 4.79 Å². The van der Waals surface area contributed by atoms with Gasteiger partial charge in [-0.1, -0.05) is 11.6 Å². The number of aromatic hydroxyl groups is 1. The number of halogens is 1. The quantitative estimate of drug-likeness (QED) is 0.860. The fourth-order valence-corrected chi connectivity index (χ4v) is 5.36. The summed E-state index contributed by atoms with van der Waals surface area (Å²) in [6.07, 6.45) is 7.12. The number of carbonyl (C=O) groups is 1. The number of nitrogens with one attached hydrogen (secondary N) is 1. The summed E-state index contributed by atoms with van der Waals surface area (Å²) in [5.74, 6) is 2.41. The van der Waals surface area contributed by atoms with E-state index in [1.807, 2.05) is 0 Å². The first kappa shape index (κ1) is 13.4. The van der Waals surface area contributed by atoms with E-state index in [0.29, 0.717) is 10.7 Å². The fourth-order valence-electron chi connectivity index (χ4n) is 5.24. The van der Waals surface area contributed by atoms with Crippen LogP contribution in [0.15, 0.2) is 18.2 Å². The molecule has 1 amide bonds. The van der Waals surface area contributed by atoms with Gasteiger partial charge in [0.1, 0.15) is 5.75 Å². The Morgan fingerprint density at radius 3 is 2.24 bits per heavy atom. The van der Waals surface area contributed by atoms with E-state index in [4.69, 9.17) is 11.6 Å². The van der Waals surface area contributed by atoms with Gasteiger partial charge in [0.25, 0.3) is 0 Å². The molecule has 0 spiro atoms. The molecule has 0 heterocycles. The zero-order valence-corrected chi connectivity index (χ0v) is 12.7. The SMILES string of the molecule is O=C(Nc1ccc(Cl)c(O)c1)C12CC3CC(CC(C3)C1)C2. The average Bonchev–Trinajstić information content (AvgIpc) is 2.41. The van der Waals surface area contributed by atoms with Crippen molar-refractivity contribution in [3.63, 3.8) is 0 Å². The Balaban J connectivity index is 1.56. The van der Waals surface area contributed by atoms with Gasteiger partial charge in [-0.2, -0.15) is 0 Å². The van der Waals surface area contributed by atoms with Gasteiger partial charge in [0.05, 0.1) is 10.4 Å². The second-order valence-corrected chi connectivity index (χ2v) is 7.73. The van der Waals surface area contributed by atoms with Crippen molar-refractivity contribution in [1.82, 2.24) is 0 Å². The number of hydrogen-bond donors (Lipinski definition) is 2. The number of carbonyl (C=O) groups excluding carboxylic acids is 1. The summed E-state index contributed by atoms with van der Waals surface area (Å²) in [6, 6.07) is 4.90. The lowest BCUT2D eigenvalue weighted by atomic mass is 9.49. The molecule has 1 aromatic rings. The summed E-state index contributed by atoms with van der Waals surface area (Å²) in [5, 5.41) is 13.0. The van der Waals surface area contributed by atoms with Gasteiger partial charge < -0.3 is 10.4 Å². The molecule has 3 nitrogen and oxygen atoms in total. The first-order valence-electron chi connectivity index (χ1n) is 7.84. The lowest BCUT2D eigenvalue weighted by molar-refractivity contribution is -0.140. The molecule has 5 rings (SSSR count). The van der Waals surface area contributed by atoms with Crippen LogP contribution in [-0.4, -0.2) is 11.0 Å². The highest BCUT2D eigenvalue weighted by molar-refractivity contribution is 6.32. The summed E-state index contributed by atoms with van der Waals surface area (Å²) in [6.45, 7) is 0. The van der Waals surface area contributed by atoms with Crippen LogP contribution in [0.5, 0.6) is 5.75 Å². The monoisotopic (exact) mass is 305 g/mol. The van der Waals surface area contributed by atoms with Crippen LogP contribution in [0.25, 0.3) is 0 Å². The van der Waals surface area contributed by atoms with Gasteiger partial charge >= 0.3 is 0 Å². The Bertz CT molecular complexity index is 563. The first-order chi connectivity index (χ1) is 10.0. The highest BCUT2D eigenvalue weighted by Gasteiger charge is 2.54. The third-order valence-electron chi connectivity index (χ3n) is 5.72. The minimum Gasteiger partial charge on any atom is -0.506 e. The Kier molecular flexibility index (Phi) is 2.97. The van der Waals surface area contributed by atoms with E-state index in [0.717, 1.165) is 37.0 Å². The second kappa shape index (κ2) is 4.64. The van der Waals surface area contributed by atoms with Crippen LogP contribution >= 0.6 is 11.6 Å². The first-order valence-corrected chi connectivity index (χ1v) is 8.22. The number of rotatable bonds is 2. The van der Waals surface area contributed by atoms with Crippen LogP contribution in [0, 0.1) is 23.2 Å². The molecule has 1 aromatic carbocycles.